The van der Waals surface area contributed by atoms with Crippen LogP contribution in [0.2, 0.25) is 0 Å². The quantitative estimate of drug-likeness (QED) is 0.228. The van der Waals surface area contributed by atoms with E-state index in [-0.39, 0.29) is 5.97 Å². The summed E-state index contributed by atoms with van der Waals surface area (Å²) in [5.41, 5.74) is 0. The number of esters is 1. The summed E-state index contributed by atoms with van der Waals surface area (Å²) in [6.45, 7) is 2.25. The van der Waals surface area contributed by atoms with Gasteiger partial charge in [-0.05, 0) is 12.8 Å². The fourth-order valence-electron chi connectivity index (χ4n) is 1.77. The molecular formula is C16H28O2. The van der Waals surface area contributed by atoms with E-state index in [0.29, 0.717) is 0 Å². The van der Waals surface area contributed by atoms with E-state index >= 15 is 0 Å². The molecule has 0 saturated carbocycles. The number of ether oxygens (including phenoxy) is 1. The van der Waals surface area contributed by atoms with Crippen LogP contribution in [-0.4, -0.2) is 13.1 Å². The Morgan fingerprint density at radius 3 is 2.17 bits per heavy atom. The summed E-state index contributed by atoms with van der Waals surface area (Å²) in [7, 11) is 1.39. The Labute approximate surface area is 112 Å². The van der Waals surface area contributed by atoms with Crippen molar-refractivity contribution in [2.45, 2.75) is 64.7 Å². The second-order valence-corrected chi connectivity index (χ2v) is 4.57. The molecule has 18 heavy (non-hydrogen) atoms. The second kappa shape index (κ2) is 14.0. The first-order valence-corrected chi connectivity index (χ1v) is 7.22. The molecule has 2 nitrogen and oxygen atoms in total. The topological polar surface area (TPSA) is 26.3 Å². The van der Waals surface area contributed by atoms with Crippen LogP contribution in [0.4, 0.5) is 0 Å². The SMILES string of the molecule is CCCCCCCCCC/C=C\C=C\C(=O)OC. The molecule has 0 aliphatic carbocycles. The first-order chi connectivity index (χ1) is 8.81. The third kappa shape index (κ3) is 13.0. The van der Waals surface area contributed by atoms with Gasteiger partial charge < -0.3 is 4.74 Å². The van der Waals surface area contributed by atoms with Crippen LogP contribution in [0, 0.1) is 0 Å². The maximum Gasteiger partial charge on any atom is 0.330 e. The molecule has 0 aliphatic heterocycles. The molecule has 0 aromatic rings. The Balaban J connectivity index is 3.22. The molecule has 0 aromatic heterocycles. The van der Waals surface area contributed by atoms with Gasteiger partial charge in [0.25, 0.3) is 0 Å². The molecule has 0 heterocycles. The van der Waals surface area contributed by atoms with E-state index < -0.39 is 0 Å². The molecule has 0 aliphatic rings. The normalized spacial score (nSPS) is 11.4. The van der Waals surface area contributed by atoms with Gasteiger partial charge in [0, 0.05) is 6.08 Å². The summed E-state index contributed by atoms with van der Waals surface area (Å²) in [5.74, 6) is -0.299. The third-order valence-corrected chi connectivity index (χ3v) is 2.91. The third-order valence-electron chi connectivity index (χ3n) is 2.91. The zero-order valence-electron chi connectivity index (χ0n) is 12.0. The van der Waals surface area contributed by atoms with Gasteiger partial charge in [0.15, 0.2) is 0 Å². The van der Waals surface area contributed by atoms with Gasteiger partial charge in [0.05, 0.1) is 7.11 Å². The Bertz CT molecular complexity index is 241. The Morgan fingerprint density at radius 2 is 1.56 bits per heavy atom. The van der Waals surface area contributed by atoms with E-state index in [2.05, 4.69) is 17.7 Å². The number of hydrogen-bond acceptors (Lipinski definition) is 2. The van der Waals surface area contributed by atoms with E-state index in [9.17, 15) is 4.79 Å². The Morgan fingerprint density at radius 1 is 0.944 bits per heavy atom. The molecule has 0 spiro atoms. The van der Waals surface area contributed by atoms with Gasteiger partial charge in [0.1, 0.15) is 0 Å². The molecule has 0 saturated heterocycles. The largest absolute Gasteiger partial charge is 0.466 e. The van der Waals surface area contributed by atoms with Crippen molar-refractivity contribution in [2.75, 3.05) is 7.11 Å². The molecule has 0 rings (SSSR count). The Hall–Kier alpha value is -1.05. The van der Waals surface area contributed by atoms with Crippen LogP contribution in [0.3, 0.4) is 0 Å². The number of carbonyl (C=O) groups is 1. The highest BCUT2D eigenvalue weighted by atomic mass is 16.5. The number of unbranched alkanes of at least 4 members (excludes halogenated alkanes) is 8. The van der Waals surface area contributed by atoms with Gasteiger partial charge in [-0.2, -0.15) is 0 Å². The van der Waals surface area contributed by atoms with Gasteiger partial charge in [-0.3, -0.25) is 0 Å². The summed E-state index contributed by atoms with van der Waals surface area (Å²) in [6, 6.07) is 0. The summed E-state index contributed by atoms with van der Waals surface area (Å²) in [6.07, 6.45) is 19.1. The highest BCUT2D eigenvalue weighted by Gasteiger charge is 1.90. The summed E-state index contributed by atoms with van der Waals surface area (Å²) < 4.78 is 4.49. The molecule has 0 unspecified atom stereocenters. The number of carbonyl (C=O) groups excluding carboxylic acids is 1. The number of methoxy groups -OCH3 is 1. The average molecular weight is 252 g/mol. The van der Waals surface area contributed by atoms with Crippen molar-refractivity contribution in [3.8, 4) is 0 Å². The van der Waals surface area contributed by atoms with Crippen molar-refractivity contribution in [3.63, 3.8) is 0 Å². The van der Waals surface area contributed by atoms with Crippen molar-refractivity contribution in [2.24, 2.45) is 0 Å². The molecule has 104 valence electrons. The highest BCUT2D eigenvalue weighted by molar-refractivity contribution is 5.82. The van der Waals surface area contributed by atoms with Crippen LogP contribution < -0.4 is 0 Å². The molecule has 0 bridgehead atoms. The molecule has 0 N–H and O–H groups in total. The molecule has 0 atom stereocenters. The molecule has 0 amide bonds. The van der Waals surface area contributed by atoms with Crippen LogP contribution in [0.5, 0.6) is 0 Å². The van der Waals surface area contributed by atoms with Crippen LogP contribution >= 0.6 is 0 Å². The summed E-state index contributed by atoms with van der Waals surface area (Å²) >= 11 is 0. The maximum absolute atomic E-state index is 10.8. The van der Waals surface area contributed by atoms with Crippen molar-refractivity contribution in [1.82, 2.24) is 0 Å². The molecule has 0 aromatic carbocycles. The first kappa shape index (κ1) is 16.9. The fraction of sp³-hybridized carbons (Fsp3) is 0.688. The van der Waals surface area contributed by atoms with Crippen molar-refractivity contribution < 1.29 is 9.53 Å². The lowest BCUT2D eigenvalue weighted by atomic mass is 10.1. The second-order valence-electron chi connectivity index (χ2n) is 4.57. The highest BCUT2D eigenvalue weighted by Crippen LogP contribution is 2.09. The van der Waals surface area contributed by atoms with E-state index in [1.54, 1.807) is 6.08 Å². The molecule has 0 fully saturated rings. The number of rotatable bonds is 11. The summed E-state index contributed by atoms with van der Waals surface area (Å²) in [4.78, 5) is 10.8. The molecule has 0 radical (unpaired) electrons. The molecule has 2 heteroatoms. The Kier molecular flexibility index (Phi) is 13.2. The monoisotopic (exact) mass is 252 g/mol. The zero-order chi connectivity index (χ0) is 13.5. The van der Waals surface area contributed by atoms with E-state index in [1.807, 2.05) is 6.08 Å². The maximum atomic E-state index is 10.8. The van der Waals surface area contributed by atoms with Crippen LogP contribution in [0.1, 0.15) is 64.7 Å². The van der Waals surface area contributed by atoms with Crippen LogP contribution in [0.25, 0.3) is 0 Å². The van der Waals surface area contributed by atoms with E-state index in [4.69, 9.17) is 0 Å². The molecular weight excluding hydrogens is 224 g/mol. The standard InChI is InChI=1S/C16H28O2/c1-3-4-5-6-7-8-9-10-11-12-13-14-15-16(17)18-2/h12-15H,3-11H2,1-2H3/b13-12-,15-14+. The average Bonchev–Trinajstić information content (AvgIpc) is 2.39. The smallest absolute Gasteiger partial charge is 0.330 e. The number of allylic oxidation sites excluding steroid dienone is 3. The lowest BCUT2D eigenvalue weighted by molar-refractivity contribution is -0.134. The lowest BCUT2D eigenvalue weighted by Crippen LogP contribution is -1.92. The number of hydrogen-bond donors (Lipinski definition) is 0. The van der Waals surface area contributed by atoms with E-state index in [0.717, 1.165) is 6.42 Å². The van der Waals surface area contributed by atoms with Crippen LogP contribution in [-0.2, 0) is 9.53 Å². The zero-order valence-corrected chi connectivity index (χ0v) is 12.0. The fourth-order valence-corrected chi connectivity index (χ4v) is 1.77. The minimum atomic E-state index is -0.299. The van der Waals surface area contributed by atoms with E-state index in [1.165, 1.54) is 64.6 Å². The van der Waals surface area contributed by atoms with Crippen molar-refractivity contribution in [1.29, 1.82) is 0 Å². The van der Waals surface area contributed by atoms with Gasteiger partial charge in [-0.25, -0.2) is 4.79 Å². The van der Waals surface area contributed by atoms with Crippen molar-refractivity contribution >= 4 is 5.97 Å². The van der Waals surface area contributed by atoms with Crippen LogP contribution in [0.15, 0.2) is 24.3 Å². The van der Waals surface area contributed by atoms with Gasteiger partial charge in [0.2, 0.25) is 0 Å². The van der Waals surface area contributed by atoms with Gasteiger partial charge in [-0.1, -0.05) is 70.1 Å². The summed E-state index contributed by atoms with van der Waals surface area (Å²) in [5, 5.41) is 0. The predicted molar refractivity (Wildman–Crippen MR) is 77.5 cm³/mol. The predicted octanol–water partition coefficient (Wildman–Crippen LogP) is 4.80. The lowest BCUT2D eigenvalue weighted by Gasteiger charge is -1.99. The van der Waals surface area contributed by atoms with Gasteiger partial charge >= 0.3 is 5.97 Å². The minimum Gasteiger partial charge on any atom is -0.466 e. The minimum absolute atomic E-state index is 0.299. The van der Waals surface area contributed by atoms with Crippen molar-refractivity contribution in [3.05, 3.63) is 24.3 Å². The van der Waals surface area contributed by atoms with Gasteiger partial charge in [-0.15, -0.1) is 0 Å². The first-order valence-electron chi connectivity index (χ1n) is 7.22.